The number of likely N-dealkylation sites (tertiary alicyclic amines) is 1. The number of nitrogens with zero attached hydrogens (tertiary/aromatic N) is 3. The van der Waals surface area contributed by atoms with Crippen molar-refractivity contribution < 1.29 is 9.53 Å². The van der Waals surface area contributed by atoms with Gasteiger partial charge in [0.25, 0.3) is 5.56 Å². The van der Waals surface area contributed by atoms with Crippen LogP contribution < -0.4 is 5.56 Å². The summed E-state index contributed by atoms with van der Waals surface area (Å²) in [6.07, 6.45) is 4.27. The van der Waals surface area contributed by atoms with Crippen LogP contribution in [0.15, 0.2) is 17.2 Å². The maximum absolute atomic E-state index is 11.5. The van der Waals surface area contributed by atoms with Gasteiger partial charge in [-0.1, -0.05) is 0 Å². The molecule has 0 spiro atoms. The molecule has 0 saturated carbocycles. The number of aromatic nitrogens is 2. The summed E-state index contributed by atoms with van der Waals surface area (Å²) in [5.74, 6) is 0.513. The van der Waals surface area contributed by atoms with E-state index in [1.165, 1.54) is 6.33 Å². The Morgan fingerprint density at radius 2 is 2.17 bits per heavy atom. The second-order valence-electron chi connectivity index (χ2n) is 6.78. The fraction of sp³-hybridized carbons (Fsp3) is 0.706. The maximum Gasteiger partial charge on any atom is 0.250 e. The molecule has 1 atom stereocenters. The van der Waals surface area contributed by atoms with Gasteiger partial charge >= 0.3 is 0 Å². The van der Waals surface area contributed by atoms with Crippen LogP contribution in [0.4, 0.5) is 0 Å². The van der Waals surface area contributed by atoms with Gasteiger partial charge in [-0.25, -0.2) is 4.98 Å². The highest BCUT2D eigenvalue weighted by Crippen LogP contribution is 2.21. The molecule has 1 aromatic heterocycles. The highest BCUT2D eigenvalue weighted by molar-refractivity contribution is 5.73. The van der Waals surface area contributed by atoms with Gasteiger partial charge < -0.3 is 14.6 Å². The van der Waals surface area contributed by atoms with Gasteiger partial charge in [-0.2, -0.15) is 0 Å². The number of piperidine rings is 1. The molecule has 0 bridgehead atoms. The van der Waals surface area contributed by atoms with Gasteiger partial charge in [-0.05, 0) is 19.3 Å². The minimum absolute atomic E-state index is 0.108. The number of hydrogen-bond acceptors (Lipinski definition) is 5. The summed E-state index contributed by atoms with van der Waals surface area (Å²) in [4.78, 5) is 34.2. The molecule has 0 aliphatic carbocycles. The summed E-state index contributed by atoms with van der Waals surface area (Å²) in [7, 11) is 0. The van der Waals surface area contributed by atoms with Gasteiger partial charge in [0.2, 0.25) is 5.91 Å². The Kier molecular flexibility index (Phi) is 5.63. The second kappa shape index (κ2) is 7.90. The molecule has 24 heavy (non-hydrogen) atoms. The standard InChI is InChI=1S/C17H26N4O3/c1-13(22)20-4-2-16(3-5-20)21-6-7-24-11-14(10-21)8-15-9-17(23)19-12-18-15/h9,12,14,16H,2-8,10-11H2,1H3,(H,18,19,23). The summed E-state index contributed by atoms with van der Waals surface area (Å²) >= 11 is 0. The molecule has 1 aromatic rings. The minimum Gasteiger partial charge on any atom is -0.380 e. The first-order valence-corrected chi connectivity index (χ1v) is 8.72. The molecule has 3 heterocycles. The number of H-pyrrole nitrogens is 1. The van der Waals surface area contributed by atoms with E-state index in [-0.39, 0.29) is 11.5 Å². The Hall–Kier alpha value is -1.73. The third-order valence-corrected chi connectivity index (χ3v) is 5.03. The van der Waals surface area contributed by atoms with Crippen LogP contribution in [-0.4, -0.2) is 71.1 Å². The number of carbonyl (C=O) groups is 1. The van der Waals surface area contributed by atoms with Crippen LogP contribution in [0.1, 0.15) is 25.5 Å². The van der Waals surface area contributed by atoms with E-state index in [1.807, 2.05) is 4.90 Å². The number of nitrogens with one attached hydrogen (secondary N) is 1. The highest BCUT2D eigenvalue weighted by atomic mass is 16.5. The van der Waals surface area contributed by atoms with Crippen LogP contribution in [-0.2, 0) is 16.0 Å². The third kappa shape index (κ3) is 4.42. The fourth-order valence-electron chi connectivity index (χ4n) is 3.72. The van der Waals surface area contributed by atoms with Crippen molar-refractivity contribution in [2.75, 3.05) is 39.4 Å². The van der Waals surface area contributed by atoms with Crippen molar-refractivity contribution in [2.24, 2.45) is 5.92 Å². The Balaban J connectivity index is 1.59. The van der Waals surface area contributed by atoms with Crippen LogP contribution in [0, 0.1) is 5.92 Å². The number of amides is 1. The SMILES string of the molecule is CC(=O)N1CCC(N2CCOCC(Cc3cc(=O)[nH]cn3)C2)CC1. The number of aromatic amines is 1. The van der Waals surface area contributed by atoms with E-state index < -0.39 is 0 Å². The molecule has 2 aliphatic rings. The average molecular weight is 334 g/mol. The first-order valence-electron chi connectivity index (χ1n) is 8.72. The minimum atomic E-state index is -0.108. The first kappa shape index (κ1) is 17.1. The van der Waals surface area contributed by atoms with Crippen molar-refractivity contribution in [3.63, 3.8) is 0 Å². The third-order valence-electron chi connectivity index (χ3n) is 5.03. The predicted molar refractivity (Wildman–Crippen MR) is 89.7 cm³/mol. The summed E-state index contributed by atoms with van der Waals surface area (Å²) in [6, 6.07) is 2.08. The Bertz CT molecular complexity index is 610. The molecular weight excluding hydrogens is 308 g/mol. The zero-order valence-electron chi connectivity index (χ0n) is 14.2. The molecular formula is C17H26N4O3. The Labute approximate surface area is 142 Å². The zero-order chi connectivity index (χ0) is 16.9. The van der Waals surface area contributed by atoms with Gasteiger partial charge in [0, 0.05) is 56.8 Å². The van der Waals surface area contributed by atoms with E-state index in [2.05, 4.69) is 14.9 Å². The lowest BCUT2D eigenvalue weighted by atomic mass is 9.99. The molecule has 2 saturated heterocycles. The number of rotatable bonds is 3. The van der Waals surface area contributed by atoms with Gasteiger partial charge in [0.05, 0.1) is 19.5 Å². The Morgan fingerprint density at radius 3 is 2.88 bits per heavy atom. The van der Waals surface area contributed by atoms with Gasteiger partial charge in [0.1, 0.15) is 0 Å². The van der Waals surface area contributed by atoms with E-state index >= 15 is 0 Å². The zero-order valence-corrected chi connectivity index (χ0v) is 14.2. The van der Waals surface area contributed by atoms with Gasteiger partial charge in [-0.3, -0.25) is 14.5 Å². The fourth-order valence-corrected chi connectivity index (χ4v) is 3.72. The molecule has 2 fully saturated rings. The molecule has 0 radical (unpaired) electrons. The molecule has 7 heteroatoms. The van der Waals surface area contributed by atoms with E-state index in [1.54, 1.807) is 13.0 Å². The molecule has 2 aliphatic heterocycles. The molecule has 132 valence electrons. The molecule has 3 rings (SSSR count). The summed E-state index contributed by atoms with van der Waals surface area (Å²) < 4.78 is 5.77. The lowest BCUT2D eigenvalue weighted by Gasteiger charge is -2.38. The van der Waals surface area contributed by atoms with Crippen LogP contribution >= 0.6 is 0 Å². The number of hydrogen-bond donors (Lipinski definition) is 1. The highest BCUT2D eigenvalue weighted by Gasteiger charge is 2.29. The van der Waals surface area contributed by atoms with E-state index in [9.17, 15) is 9.59 Å². The molecule has 7 nitrogen and oxygen atoms in total. The monoisotopic (exact) mass is 334 g/mol. The van der Waals surface area contributed by atoms with Crippen molar-refractivity contribution in [1.29, 1.82) is 0 Å². The number of ether oxygens (including phenoxy) is 1. The summed E-state index contributed by atoms with van der Waals surface area (Å²) in [5.41, 5.74) is 0.712. The average Bonchev–Trinajstić information content (AvgIpc) is 2.80. The Morgan fingerprint density at radius 1 is 1.38 bits per heavy atom. The van der Waals surface area contributed by atoms with E-state index in [4.69, 9.17) is 4.74 Å². The number of carbonyl (C=O) groups excluding carboxylic acids is 1. The first-order chi connectivity index (χ1) is 11.6. The second-order valence-corrected chi connectivity index (χ2v) is 6.78. The van der Waals surface area contributed by atoms with Crippen LogP contribution in [0.3, 0.4) is 0 Å². The lowest BCUT2D eigenvalue weighted by Crippen LogP contribution is -2.48. The molecule has 1 N–H and O–H groups in total. The topological polar surface area (TPSA) is 78.5 Å². The lowest BCUT2D eigenvalue weighted by molar-refractivity contribution is -0.130. The summed E-state index contributed by atoms with van der Waals surface area (Å²) in [6.45, 7) is 6.67. The van der Waals surface area contributed by atoms with Crippen molar-refractivity contribution in [2.45, 2.75) is 32.2 Å². The van der Waals surface area contributed by atoms with E-state index in [0.29, 0.717) is 18.6 Å². The van der Waals surface area contributed by atoms with Crippen molar-refractivity contribution >= 4 is 5.91 Å². The van der Waals surface area contributed by atoms with Crippen molar-refractivity contribution in [1.82, 2.24) is 19.8 Å². The van der Waals surface area contributed by atoms with Gasteiger partial charge in [-0.15, -0.1) is 0 Å². The van der Waals surface area contributed by atoms with Gasteiger partial charge in [0.15, 0.2) is 0 Å². The normalized spacial score (nSPS) is 23.9. The van der Waals surface area contributed by atoms with Crippen LogP contribution in [0.5, 0.6) is 0 Å². The van der Waals surface area contributed by atoms with Crippen LogP contribution in [0.25, 0.3) is 0 Å². The van der Waals surface area contributed by atoms with Crippen molar-refractivity contribution in [3.8, 4) is 0 Å². The molecule has 1 amide bonds. The largest absolute Gasteiger partial charge is 0.380 e. The smallest absolute Gasteiger partial charge is 0.250 e. The summed E-state index contributed by atoms with van der Waals surface area (Å²) in [5, 5.41) is 0. The maximum atomic E-state index is 11.5. The van der Waals surface area contributed by atoms with E-state index in [0.717, 1.165) is 57.7 Å². The van der Waals surface area contributed by atoms with Crippen LogP contribution in [0.2, 0.25) is 0 Å². The predicted octanol–water partition coefficient (Wildman–Crippen LogP) is 0.272. The quantitative estimate of drug-likeness (QED) is 0.858. The molecule has 0 aromatic carbocycles. The van der Waals surface area contributed by atoms with Crippen molar-refractivity contribution in [3.05, 3.63) is 28.4 Å². The molecule has 1 unspecified atom stereocenters.